The van der Waals surface area contributed by atoms with Crippen molar-refractivity contribution < 1.29 is 31.1 Å². The first-order valence-electron chi connectivity index (χ1n) is 7.06. The highest BCUT2D eigenvalue weighted by Gasteiger charge is 2.34. The number of para-hydroxylation sites is 1. The first kappa shape index (κ1) is 19.7. The van der Waals surface area contributed by atoms with E-state index in [4.69, 9.17) is 4.74 Å². The summed E-state index contributed by atoms with van der Waals surface area (Å²) in [4.78, 5) is 1.25. The van der Waals surface area contributed by atoms with Crippen LogP contribution in [0.15, 0.2) is 41.3 Å². The summed E-state index contributed by atoms with van der Waals surface area (Å²) in [5.74, 6) is -0.788. The predicted molar refractivity (Wildman–Crippen MR) is 87.1 cm³/mol. The molecule has 0 radical (unpaired) electrons. The quantitative estimate of drug-likeness (QED) is 0.778. The highest BCUT2D eigenvalue weighted by Crippen LogP contribution is 2.30. The van der Waals surface area contributed by atoms with Crippen molar-refractivity contribution in [2.75, 3.05) is 13.7 Å². The van der Waals surface area contributed by atoms with Crippen molar-refractivity contribution in [1.29, 1.82) is 0 Å². The van der Waals surface area contributed by atoms with E-state index >= 15 is 0 Å². The monoisotopic (exact) mass is 395 g/mol. The number of nitrogens with one attached hydrogen (secondary N) is 1. The van der Waals surface area contributed by atoms with Crippen molar-refractivity contribution in [1.82, 2.24) is 4.72 Å². The van der Waals surface area contributed by atoms with Gasteiger partial charge in [0.25, 0.3) is 0 Å². The Morgan fingerprint density at radius 3 is 2.44 bits per heavy atom. The van der Waals surface area contributed by atoms with Gasteiger partial charge in [-0.05, 0) is 31.2 Å². The lowest BCUT2D eigenvalue weighted by Crippen LogP contribution is -2.30. The van der Waals surface area contributed by atoms with E-state index in [1.807, 2.05) is 19.1 Å². The Kier molecular flexibility index (Phi) is 6.09. The summed E-state index contributed by atoms with van der Waals surface area (Å²) in [6.45, 7) is 1.77. The van der Waals surface area contributed by atoms with E-state index in [0.717, 1.165) is 21.9 Å². The fourth-order valence-electron chi connectivity index (χ4n) is 2.07. The van der Waals surface area contributed by atoms with Crippen LogP contribution < -0.4 is 9.46 Å². The maximum Gasteiger partial charge on any atom is 0.573 e. The molecule has 10 heteroatoms. The highest BCUT2D eigenvalue weighted by atomic mass is 32.2. The lowest BCUT2D eigenvalue weighted by molar-refractivity contribution is -0.275. The third kappa shape index (κ3) is 5.43. The molecular formula is C15H16F3NO4S2. The van der Waals surface area contributed by atoms with Gasteiger partial charge in [0.05, 0.1) is 0 Å². The molecule has 5 nitrogen and oxygen atoms in total. The van der Waals surface area contributed by atoms with Crippen molar-refractivity contribution in [2.24, 2.45) is 0 Å². The van der Waals surface area contributed by atoms with Crippen molar-refractivity contribution in [3.63, 3.8) is 0 Å². The molecule has 1 atom stereocenters. The zero-order valence-electron chi connectivity index (χ0n) is 13.3. The number of ether oxygens (including phenoxy) is 2. The Bertz CT molecular complexity index is 818. The molecule has 0 fully saturated rings. The van der Waals surface area contributed by atoms with Crippen LogP contribution in [0.3, 0.4) is 0 Å². The molecule has 1 unspecified atom stereocenters. The molecule has 0 aliphatic carbocycles. The molecule has 0 bridgehead atoms. The van der Waals surface area contributed by atoms with Gasteiger partial charge in [0.15, 0.2) is 0 Å². The van der Waals surface area contributed by atoms with Gasteiger partial charge in [-0.2, -0.15) is 0 Å². The summed E-state index contributed by atoms with van der Waals surface area (Å²) in [6.07, 6.45) is -5.54. The zero-order valence-corrected chi connectivity index (χ0v) is 15.0. The lowest BCUT2D eigenvalue weighted by Gasteiger charge is -2.17. The van der Waals surface area contributed by atoms with E-state index in [1.165, 1.54) is 30.6 Å². The van der Waals surface area contributed by atoms with Crippen molar-refractivity contribution >= 4 is 21.4 Å². The fourth-order valence-corrected chi connectivity index (χ4v) is 4.18. The molecular weight excluding hydrogens is 379 g/mol. The summed E-state index contributed by atoms with van der Waals surface area (Å²) >= 11 is 1.44. The molecule has 0 saturated heterocycles. The van der Waals surface area contributed by atoms with Crippen molar-refractivity contribution in [2.45, 2.75) is 24.3 Å². The molecule has 0 aliphatic heterocycles. The Hall–Kier alpha value is -1.62. The Morgan fingerprint density at radius 2 is 1.88 bits per heavy atom. The van der Waals surface area contributed by atoms with E-state index in [-0.39, 0.29) is 6.54 Å². The number of benzene rings is 1. The first-order chi connectivity index (χ1) is 11.6. The van der Waals surface area contributed by atoms with Gasteiger partial charge < -0.3 is 9.47 Å². The number of alkyl halides is 3. The Balaban J connectivity index is 2.19. The first-order valence-corrected chi connectivity index (χ1v) is 9.36. The van der Waals surface area contributed by atoms with Gasteiger partial charge in [0.1, 0.15) is 16.7 Å². The van der Waals surface area contributed by atoms with Gasteiger partial charge in [0, 0.05) is 23.4 Å². The predicted octanol–water partition coefficient (Wildman–Crippen LogP) is 3.62. The minimum Gasteiger partial charge on any atom is -0.404 e. The molecule has 1 N–H and O–H groups in total. The Morgan fingerprint density at radius 1 is 1.20 bits per heavy atom. The molecule has 0 saturated carbocycles. The van der Waals surface area contributed by atoms with E-state index < -0.39 is 33.1 Å². The van der Waals surface area contributed by atoms with Crippen LogP contribution in [-0.2, 0) is 14.8 Å². The van der Waals surface area contributed by atoms with Gasteiger partial charge in [-0.3, -0.25) is 0 Å². The number of hydrogen-bond donors (Lipinski definition) is 1. The van der Waals surface area contributed by atoms with Gasteiger partial charge in [-0.25, -0.2) is 13.1 Å². The van der Waals surface area contributed by atoms with Crippen molar-refractivity contribution in [3.05, 3.63) is 46.2 Å². The number of thiophene rings is 1. The molecule has 0 spiro atoms. The largest absolute Gasteiger partial charge is 0.573 e. The SMILES string of the molecule is COC(CNS(=O)(=O)c1ccccc1OC(F)(F)F)c1ccc(C)s1. The number of sulfonamides is 1. The zero-order chi connectivity index (χ0) is 18.7. The van der Waals surface area contributed by atoms with E-state index in [9.17, 15) is 21.6 Å². The molecule has 0 amide bonds. The summed E-state index contributed by atoms with van der Waals surface area (Å²) in [7, 11) is -2.79. The molecule has 1 aromatic carbocycles. The van der Waals surface area contributed by atoms with Crippen LogP contribution in [0.1, 0.15) is 15.9 Å². The number of halogens is 3. The maximum atomic E-state index is 12.4. The summed E-state index contributed by atoms with van der Waals surface area (Å²) < 4.78 is 73.4. The van der Waals surface area contributed by atoms with E-state index in [2.05, 4.69) is 9.46 Å². The molecule has 1 aromatic heterocycles. The third-order valence-corrected chi connectivity index (χ3v) is 5.74. The van der Waals surface area contributed by atoms with Crippen LogP contribution >= 0.6 is 11.3 Å². The van der Waals surface area contributed by atoms with Crippen LogP contribution in [-0.4, -0.2) is 28.4 Å². The second kappa shape index (κ2) is 7.73. The summed E-state index contributed by atoms with van der Waals surface area (Å²) in [5, 5.41) is 0. The van der Waals surface area contributed by atoms with Crippen LogP contribution in [0.4, 0.5) is 13.2 Å². The van der Waals surface area contributed by atoms with Gasteiger partial charge in [-0.1, -0.05) is 12.1 Å². The Labute approximate surface area is 147 Å². The normalized spacial score (nSPS) is 13.6. The summed E-state index contributed by atoms with van der Waals surface area (Å²) in [5.41, 5.74) is 0. The molecule has 25 heavy (non-hydrogen) atoms. The second-order valence-electron chi connectivity index (χ2n) is 5.02. The number of methoxy groups -OCH3 is 1. The average molecular weight is 395 g/mol. The van der Waals surface area contributed by atoms with Gasteiger partial charge in [-0.15, -0.1) is 24.5 Å². The molecule has 2 rings (SSSR count). The standard InChI is InChI=1S/C15H16F3NO4S2/c1-10-7-8-13(24-10)12(22-2)9-19-25(20,21)14-6-4-3-5-11(14)23-15(16,17)18/h3-8,12,19H,9H2,1-2H3. The van der Waals surface area contributed by atoms with Crippen LogP contribution in [0.25, 0.3) is 0 Å². The minimum absolute atomic E-state index is 0.126. The second-order valence-corrected chi connectivity index (χ2v) is 8.07. The number of rotatable bonds is 7. The van der Waals surface area contributed by atoms with Crippen molar-refractivity contribution in [3.8, 4) is 5.75 Å². The minimum atomic E-state index is -4.99. The maximum absolute atomic E-state index is 12.4. The fraction of sp³-hybridized carbons (Fsp3) is 0.333. The van der Waals surface area contributed by atoms with Gasteiger partial charge in [0.2, 0.25) is 10.0 Å². The topological polar surface area (TPSA) is 64.6 Å². The molecule has 138 valence electrons. The number of hydrogen-bond acceptors (Lipinski definition) is 5. The van der Waals surface area contributed by atoms with Gasteiger partial charge >= 0.3 is 6.36 Å². The van der Waals surface area contributed by atoms with Crippen LogP contribution in [0.2, 0.25) is 0 Å². The lowest BCUT2D eigenvalue weighted by atomic mass is 10.3. The number of aryl methyl sites for hydroxylation is 1. The smallest absolute Gasteiger partial charge is 0.404 e. The van der Waals surface area contributed by atoms with E-state index in [0.29, 0.717) is 0 Å². The van der Waals surface area contributed by atoms with E-state index in [1.54, 1.807) is 0 Å². The third-order valence-electron chi connectivity index (χ3n) is 3.19. The van der Waals surface area contributed by atoms with Crippen LogP contribution in [0.5, 0.6) is 5.75 Å². The molecule has 0 aliphatic rings. The average Bonchev–Trinajstić information content (AvgIpc) is 2.93. The molecule has 2 aromatic rings. The highest BCUT2D eigenvalue weighted by molar-refractivity contribution is 7.89. The van der Waals surface area contributed by atoms with Crippen LogP contribution in [0, 0.1) is 6.92 Å². The molecule has 1 heterocycles. The summed E-state index contributed by atoms with van der Waals surface area (Å²) in [6, 6.07) is 8.23.